The van der Waals surface area contributed by atoms with E-state index in [9.17, 15) is 8.42 Å². The van der Waals surface area contributed by atoms with Crippen molar-refractivity contribution in [2.75, 3.05) is 11.3 Å². The van der Waals surface area contributed by atoms with Crippen LogP contribution in [0.1, 0.15) is 12.8 Å². The first kappa shape index (κ1) is 16.1. The molecule has 130 valence electrons. The van der Waals surface area contributed by atoms with Gasteiger partial charge in [0.25, 0.3) is 10.0 Å². The molecule has 0 saturated carbocycles. The zero-order valence-corrected chi connectivity index (χ0v) is 14.4. The van der Waals surface area contributed by atoms with Gasteiger partial charge in [0.15, 0.2) is 0 Å². The molecular formula is C18H19N3O3S. The summed E-state index contributed by atoms with van der Waals surface area (Å²) in [4.78, 5) is 0.234. The smallest absolute Gasteiger partial charge is 0.262 e. The number of aromatic nitrogens is 2. The van der Waals surface area contributed by atoms with Gasteiger partial charge in [0.05, 0.1) is 29.4 Å². The molecule has 1 aliphatic heterocycles. The summed E-state index contributed by atoms with van der Waals surface area (Å²) < 4.78 is 35.1. The first-order valence-electron chi connectivity index (χ1n) is 8.26. The lowest BCUT2D eigenvalue weighted by Gasteiger charge is -2.09. The van der Waals surface area contributed by atoms with Crippen LogP contribution in [-0.2, 0) is 21.3 Å². The summed E-state index contributed by atoms with van der Waals surface area (Å²) in [6, 6.07) is 12.8. The maximum atomic E-state index is 12.6. The Morgan fingerprint density at radius 1 is 1.20 bits per heavy atom. The van der Waals surface area contributed by atoms with Crippen LogP contribution in [0.15, 0.2) is 59.8 Å². The van der Waals surface area contributed by atoms with Gasteiger partial charge in [0.1, 0.15) is 0 Å². The van der Waals surface area contributed by atoms with Gasteiger partial charge in [-0.05, 0) is 35.7 Å². The van der Waals surface area contributed by atoms with Gasteiger partial charge in [0.2, 0.25) is 0 Å². The maximum absolute atomic E-state index is 12.6. The van der Waals surface area contributed by atoms with E-state index in [1.807, 2.05) is 30.3 Å². The molecule has 1 aromatic heterocycles. The lowest BCUT2D eigenvalue weighted by Crippen LogP contribution is -2.15. The fraction of sp³-hybridized carbons (Fsp3) is 0.278. The number of sulfonamides is 1. The minimum atomic E-state index is -3.65. The van der Waals surface area contributed by atoms with Crippen LogP contribution in [0.5, 0.6) is 0 Å². The van der Waals surface area contributed by atoms with Crippen molar-refractivity contribution < 1.29 is 13.2 Å². The van der Waals surface area contributed by atoms with E-state index in [0.29, 0.717) is 12.2 Å². The summed E-state index contributed by atoms with van der Waals surface area (Å²) in [6.45, 7) is 1.42. The Kier molecular flexibility index (Phi) is 4.19. The molecular weight excluding hydrogens is 338 g/mol. The van der Waals surface area contributed by atoms with Crippen LogP contribution in [0, 0.1) is 0 Å². The lowest BCUT2D eigenvalue weighted by atomic mass is 10.1. The fourth-order valence-electron chi connectivity index (χ4n) is 3.06. The summed E-state index contributed by atoms with van der Waals surface area (Å²) in [5.41, 5.74) is 0.450. The topological polar surface area (TPSA) is 73.2 Å². The molecule has 25 heavy (non-hydrogen) atoms. The van der Waals surface area contributed by atoms with E-state index in [1.54, 1.807) is 23.0 Å². The second kappa shape index (κ2) is 6.50. The van der Waals surface area contributed by atoms with Crippen LogP contribution < -0.4 is 4.72 Å². The van der Waals surface area contributed by atoms with Crippen LogP contribution in [-0.4, -0.2) is 30.9 Å². The number of hydrogen-bond acceptors (Lipinski definition) is 4. The van der Waals surface area contributed by atoms with Gasteiger partial charge in [-0.1, -0.05) is 30.3 Å². The predicted octanol–water partition coefficient (Wildman–Crippen LogP) is 3.02. The van der Waals surface area contributed by atoms with Crippen molar-refractivity contribution in [3.8, 4) is 0 Å². The Bertz CT molecular complexity index is 991. The van der Waals surface area contributed by atoms with Crippen LogP contribution in [0.3, 0.4) is 0 Å². The van der Waals surface area contributed by atoms with Gasteiger partial charge in [-0.25, -0.2) is 8.42 Å². The van der Waals surface area contributed by atoms with Crippen LogP contribution in [0.4, 0.5) is 5.69 Å². The molecule has 2 heterocycles. The van der Waals surface area contributed by atoms with E-state index in [1.165, 1.54) is 6.20 Å². The van der Waals surface area contributed by atoms with Crippen molar-refractivity contribution in [2.24, 2.45) is 0 Å². The van der Waals surface area contributed by atoms with Crippen LogP contribution >= 0.6 is 0 Å². The molecule has 0 bridgehead atoms. The third-order valence-electron chi connectivity index (χ3n) is 4.33. The van der Waals surface area contributed by atoms with E-state index in [2.05, 4.69) is 9.82 Å². The molecule has 1 aliphatic rings. The van der Waals surface area contributed by atoms with Crippen LogP contribution in [0.2, 0.25) is 0 Å². The molecule has 3 aromatic rings. The second-order valence-corrected chi connectivity index (χ2v) is 7.88. The largest absolute Gasteiger partial charge is 0.376 e. The van der Waals surface area contributed by atoms with Gasteiger partial charge in [-0.3, -0.25) is 9.40 Å². The summed E-state index contributed by atoms with van der Waals surface area (Å²) in [6.07, 6.45) is 5.45. The minimum absolute atomic E-state index is 0.157. The average molecular weight is 357 g/mol. The van der Waals surface area contributed by atoms with E-state index in [4.69, 9.17) is 4.74 Å². The van der Waals surface area contributed by atoms with E-state index in [0.717, 1.165) is 30.2 Å². The molecule has 0 aliphatic carbocycles. The molecule has 0 radical (unpaired) electrons. The van der Waals surface area contributed by atoms with Crippen molar-refractivity contribution in [3.05, 3.63) is 54.9 Å². The fourth-order valence-corrected chi connectivity index (χ4v) is 4.12. The molecule has 6 nitrogen and oxygen atoms in total. The number of benzene rings is 2. The molecule has 1 saturated heterocycles. The Morgan fingerprint density at radius 3 is 2.84 bits per heavy atom. The lowest BCUT2D eigenvalue weighted by molar-refractivity contribution is 0.0940. The van der Waals surface area contributed by atoms with Gasteiger partial charge in [0, 0.05) is 12.8 Å². The van der Waals surface area contributed by atoms with E-state index in [-0.39, 0.29) is 11.0 Å². The minimum Gasteiger partial charge on any atom is -0.376 e. The zero-order valence-electron chi connectivity index (χ0n) is 13.6. The maximum Gasteiger partial charge on any atom is 0.262 e. The highest BCUT2D eigenvalue weighted by Crippen LogP contribution is 2.21. The molecule has 7 heteroatoms. The third-order valence-corrected chi connectivity index (χ3v) is 5.71. The zero-order chi connectivity index (χ0) is 17.3. The standard InChI is InChI=1S/C18H19N3O3S/c22-25(23,18-8-7-14-4-1-2-5-15(14)10-18)20-16-11-19-21(12-16)13-17-6-3-9-24-17/h1-2,4-5,7-8,10-12,17,20H,3,6,9,13H2/t17-/m0/s1. The number of ether oxygens (including phenoxy) is 1. The number of rotatable bonds is 5. The van der Waals surface area contributed by atoms with Crippen molar-refractivity contribution in [2.45, 2.75) is 30.4 Å². The number of nitrogens with one attached hydrogen (secondary N) is 1. The van der Waals surface area contributed by atoms with Gasteiger partial charge >= 0.3 is 0 Å². The van der Waals surface area contributed by atoms with Crippen LogP contribution in [0.25, 0.3) is 10.8 Å². The van der Waals surface area contributed by atoms with Crippen molar-refractivity contribution in [1.82, 2.24) is 9.78 Å². The van der Waals surface area contributed by atoms with Crippen molar-refractivity contribution >= 4 is 26.5 Å². The summed E-state index contributed by atoms with van der Waals surface area (Å²) >= 11 is 0. The number of hydrogen-bond donors (Lipinski definition) is 1. The van der Waals surface area contributed by atoms with Gasteiger partial charge in [-0.2, -0.15) is 5.10 Å². The van der Waals surface area contributed by atoms with Crippen molar-refractivity contribution in [3.63, 3.8) is 0 Å². The molecule has 4 rings (SSSR count). The van der Waals surface area contributed by atoms with E-state index < -0.39 is 10.0 Å². The van der Waals surface area contributed by atoms with Crippen molar-refractivity contribution in [1.29, 1.82) is 0 Å². The molecule has 0 unspecified atom stereocenters. The number of anilines is 1. The Labute approximate surface area is 146 Å². The second-order valence-electron chi connectivity index (χ2n) is 6.20. The first-order chi connectivity index (χ1) is 12.1. The van der Waals surface area contributed by atoms with Gasteiger partial charge < -0.3 is 4.74 Å². The first-order valence-corrected chi connectivity index (χ1v) is 9.74. The summed E-state index contributed by atoms with van der Waals surface area (Å²) in [5, 5.41) is 6.11. The highest BCUT2D eigenvalue weighted by molar-refractivity contribution is 7.92. The summed E-state index contributed by atoms with van der Waals surface area (Å²) in [5.74, 6) is 0. The van der Waals surface area contributed by atoms with E-state index >= 15 is 0 Å². The normalized spacial score (nSPS) is 17.8. The third kappa shape index (κ3) is 3.52. The highest BCUT2D eigenvalue weighted by atomic mass is 32.2. The number of fused-ring (bicyclic) bond motifs is 1. The average Bonchev–Trinajstić information content (AvgIpc) is 3.27. The monoisotopic (exact) mass is 357 g/mol. The molecule has 0 spiro atoms. The van der Waals surface area contributed by atoms with Gasteiger partial charge in [-0.15, -0.1) is 0 Å². The Balaban J connectivity index is 1.53. The highest BCUT2D eigenvalue weighted by Gasteiger charge is 2.18. The molecule has 1 atom stereocenters. The molecule has 1 fully saturated rings. The molecule has 0 amide bonds. The summed E-state index contributed by atoms with van der Waals surface area (Å²) in [7, 11) is -3.65. The predicted molar refractivity (Wildman–Crippen MR) is 96.0 cm³/mol. The SMILES string of the molecule is O=S(=O)(Nc1cnn(C[C@@H]2CCCO2)c1)c1ccc2ccccc2c1. The molecule has 1 N–H and O–H groups in total. The Morgan fingerprint density at radius 2 is 2.04 bits per heavy atom. The number of nitrogens with zero attached hydrogens (tertiary/aromatic N) is 2. The quantitative estimate of drug-likeness (QED) is 0.762. The molecule has 2 aromatic carbocycles. The Hall–Kier alpha value is -2.38.